The summed E-state index contributed by atoms with van der Waals surface area (Å²) in [7, 11) is 0. The molecular formula is C21H23N3O2. The Morgan fingerprint density at radius 3 is 2.27 bits per heavy atom. The molecule has 1 aliphatic rings. The molecular weight excluding hydrogens is 326 g/mol. The quantitative estimate of drug-likeness (QED) is 0.862. The topological polar surface area (TPSA) is 61.8 Å². The SMILES string of the molecule is CC(C)(C)c1ccc(CN2C(=O)CC(=O)NC2=Nc2ccccc2)cc1. The van der Waals surface area contributed by atoms with Crippen LogP contribution in [0.2, 0.25) is 0 Å². The van der Waals surface area contributed by atoms with E-state index >= 15 is 0 Å². The summed E-state index contributed by atoms with van der Waals surface area (Å²) in [6.07, 6.45) is -0.159. The summed E-state index contributed by atoms with van der Waals surface area (Å²) in [5.74, 6) is -0.301. The zero-order chi connectivity index (χ0) is 18.7. The maximum atomic E-state index is 12.4. The van der Waals surface area contributed by atoms with Crippen LogP contribution in [-0.4, -0.2) is 22.7 Å². The molecule has 0 saturated carbocycles. The van der Waals surface area contributed by atoms with E-state index in [2.05, 4.69) is 43.2 Å². The molecule has 0 unspecified atom stereocenters. The number of rotatable bonds is 3. The van der Waals surface area contributed by atoms with Crippen LogP contribution >= 0.6 is 0 Å². The zero-order valence-corrected chi connectivity index (χ0v) is 15.3. The number of benzene rings is 2. The molecule has 2 aromatic rings. The molecule has 0 bridgehead atoms. The first kappa shape index (κ1) is 17.9. The van der Waals surface area contributed by atoms with Crippen molar-refractivity contribution in [3.8, 4) is 0 Å². The molecule has 26 heavy (non-hydrogen) atoms. The monoisotopic (exact) mass is 349 g/mol. The van der Waals surface area contributed by atoms with Gasteiger partial charge in [-0.3, -0.25) is 19.8 Å². The molecule has 0 aromatic heterocycles. The van der Waals surface area contributed by atoms with Crippen LogP contribution in [-0.2, 0) is 21.5 Å². The lowest BCUT2D eigenvalue weighted by Gasteiger charge is -2.28. The van der Waals surface area contributed by atoms with Crippen LogP contribution in [0.5, 0.6) is 0 Å². The van der Waals surface area contributed by atoms with Gasteiger partial charge in [-0.25, -0.2) is 4.99 Å². The number of guanidine groups is 1. The highest BCUT2D eigenvalue weighted by atomic mass is 16.2. The second-order valence-electron chi connectivity index (χ2n) is 7.42. The highest BCUT2D eigenvalue weighted by Gasteiger charge is 2.29. The second-order valence-corrected chi connectivity index (χ2v) is 7.42. The van der Waals surface area contributed by atoms with Gasteiger partial charge in [-0.15, -0.1) is 0 Å². The van der Waals surface area contributed by atoms with Gasteiger partial charge in [-0.2, -0.15) is 0 Å². The summed E-state index contributed by atoms with van der Waals surface area (Å²) < 4.78 is 0. The Morgan fingerprint density at radius 1 is 1.00 bits per heavy atom. The van der Waals surface area contributed by atoms with Crippen molar-refractivity contribution in [2.24, 2.45) is 4.99 Å². The first-order chi connectivity index (χ1) is 12.3. The van der Waals surface area contributed by atoms with E-state index in [9.17, 15) is 9.59 Å². The van der Waals surface area contributed by atoms with E-state index in [0.29, 0.717) is 12.2 Å². The fourth-order valence-electron chi connectivity index (χ4n) is 2.76. The van der Waals surface area contributed by atoms with Crippen molar-refractivity contribution in [3.63, 3.8) is 0 Å². The van der Waals surface area contributed by atoms with Gasteiger partial charge >= 0.3 is 0 Å². The molecule has 1 aliphatic heterocycles. The Labute approximate surface area is 153 Å². The molecule has 2 amide bonds. The van der Waals surface area contributed by atoms with E-state index in [1.807, 2.05) is 42.5 Å². The number of carbonyl (C=O) groups is 2. The van der Waals surface area contributed by atoms with E-state index in [0.717, 1.165) is 5.56 Å². The molecule has 0 atom stereocenters. The largest absolute Gasteiger partial charge is 0.295 e. The number of nitrogens with one attached hydrogen (secondary N) is 1. The van der Waals surface area contributed by atoms with Crippen LogP contribution in [0.15, 0.2) is 59.6 Å². The number of amides is 2. The molecule has 5 nitrogen and oxygen atoms in total. The molecule has 1 heterocycles. The van der Waals surface area contributed by atoms with Crippen molar-refractivity contribution in [1.29, 1.82) is 0 Å². The first-order valence-corrected chi connectivity index (χ1v) is 8.66. The van der Waals surface area contributed by atoms with Crippen LogP contribution in [0, 0.1) is 0 Å². The van der Waals surface area contributed by atoms with Gasteiger partial charge in [-0.1, -0.05) is 63.2 Å². The average molecular weight is 349 g/mol. The Hall–Kier alpha value is -2.95. The molecule has 0 aliphatic carbocycles. The van der Waals surface area contributed by atoms with Crippen LogP contribution in [0.1, 0.15) is 38.3 Å². The van der Waals surface area contributed by atoms with Gasteiger partial charge in [0.25, 0.3) is 0 Å². The first-order valence-electron chi connectivity index (χ1n) is 8.66. The molecule has 1 fully saturated rings. The van der Waals surface area contributed by atoms with E-state index in [1.54, 1.807) is 0 Å². The van der Waals surface area contributed by atoms with Crippen molar-refractivity contribution < 1.29 is 9.59 Å². The molecule has 134 valence electrons. The van der Waals surface area contributed by atoms with E-state index < -0.39 is 0 Å². The summed E-state index contributed by atoms with van der Waals surface area (Å²) in [5.41, 5.74) is 2.99. The van der Waals surface area contributed by atoms with E-state index in [-0.39, 0.29) is 29.6 Å². The maximum absolute atomic E-state index is 12.4. The Bertz CT molecular complexity index is 834. The standard InChI is InChI=1S/C21H23N3O2/c1-21(2,3)16-11-9-15(10-12-16)14-24-19(26)13-18(25)23-20(24)22-17-7-5-4-6-8-17/h4-12H,13-14H2,1-3H3,(H,22,23,25). The van der Waals surface area contributed by atoms with Gasteiger partial charge in [0.05, 0.1) is 12.2 Å². The minimum absolute atomic E-state index is 0.0768. The highest BCUT2D eigenvalue weighted by molar-refractivity contribution is 6.16. The minimum Gasteiger partial charge on any atom is -0.295 e. The van der Waals surface area contributed by atoms with Crippen molar-refractivity contribution in [3.05, 3.63) is 65.7 Å². The Balaban J connectivity index is 1.86. The van der Waals surface area contributed by atoms with Gasteiger partial charge < -0.3 is 0 Å². The summed E-state index contributed by atoms with van der Waals surface area (Å²) in [4.78, 5) is 30.2. The lowest BCUT2D eigenvalue weighted by Crippen LogP contribution is -2.53. The summed E-state index contributed by atoms with van der Waals surface area (Å²) in [6.45, 7) is 6.86. The number of aliphatic imine (C=N–C) groups is 1. The van der Waals surface area contributed by atoms with Crippen molar-refractivity contribution in [2.45, 2.75) is 39.2 Å². The lowest BCUT2D eigenvalue weighted by molar-refractivity contribution is -0.135. The number of nitrogens with zero attached hydrogens (tertiary/aromatic N) is 2. The van der Waals surface area contributed by atoms with Gasteiger partial charge in [-0.05, 0) is 28.7 Å². The van der Waals surface area contributed by atoms with Crippen LogP contribution in [0.25, 0.3) is 0 Å². The van der Waals surface area contributed by atoms with Gasteiger partial charge in [0, 0.05) is 0 Å². The second kappa shape index (κ2) is 7.12. The van der Waals surface area contributed by atoms with Crippen LogP contribution < -0.4 is 5.32 Å². The van der Waals surface area contributed by atoms with Gasteiger partial charge in [0.15, 0.2) is 0 Å². The predicted octanol–water partition coefficient (Wildman–Crippen LogP) is 3.52. The highest BCUT2D eigenvalue weighted by Crippen LogP contribution is 2.23. The average Bonchev–Trinajstić information content (AvgIpc) is 2.58. The normalized spacial score (nSPS) is 16.7. The fraction of sp³-hybridized carbons (Fsp3) is 0.286. The van der Waals surface area contributed by atoms with Crippen molar-refractivity contribution in [1.82, 2.24) is 10.2 Å². The van der Waals surface area contributed by atoms with E-state index in [4.69, 9.17) is 0 Å². The summed E-state index contributed by atoms with van der Waals surface area (Å²) in [5, 5.41) is 2.72. The predicted molar refractivity (Wildman–Crippen MR) is 102 cm³/mol. The molecule has 1 saturated heterocycles. The molecule has 0 spiro atoms. The molecule has 0 radical (unpaired) electrons. The fourth-order valence-corrected chi connectivity index (χ4v) is 2.76. The third-order valence-corrected chi connectivity index (χ3v) is 4.27. The zero-order valence-electron chi connectivity index (χ0n) is 15.3. The minimum atomic E-state index is -0.330. The van der Waals surface area contributed by atoms with Gasteiger partial charge in [0.2, 0.25) is 17.8 Å². The Morgan fingerprint density at radius 2 is 1.65 bits per heavy atom. The smallest absolute Gasteiger partial charge is 0.239 e. The van der Waals surface area contributed by atoms with Gasteiger partial charge in [0.1, 0.15) is 6.42 Å². The number of carbonyl (C=O) groups excluding carboxylic acids is 2. The van der Waals surface area contributed by atoms with Crippen LogP contribution in [0.4, 0.5) is 5.69 Å². The third kappa shape index (κ3) is 4.17. The third-order valence-electron chi connectivity index (χ3n) is 4.27. The Kier molecular flexibility index (Phi) is 4.89. The van der Waals surface area contributed by atoms with Crippen molar-refractivity contribution >= 4 is 23.5 Å². The van der Waals surface area contributed by atoms with Crippen molar-refractivity contribution in [2.75, 3.05) is 0 Å². The number of hydrogen-bond acceptors (Lipinski definition) is 3. The molecule has 3 rings (SSSR count). The van der Waals surface area contributed by atoms with E-state index in [1.165, 1.54) is 10.5 Å². The molecule has 5 heteroatoms. The van der Waals surface area contributed by atoms with Crippen LogP contribution in [0.3, 0.4) is 0 Å². The summed E-state index contributed by atoms with van der Waals surface area (Å²) in [6, 6.07) is 17.5. The summed E-state index contributed by atoms with van der Waals surface area (Å²) >= 11 is 0. The molecule has 2 aromatic carbocycles. The number of para-hydroxylation sites is 1. The number of hydrogen-bond donors (Lipinski definition) is 1. The lowest BCUT2D eigenvalue weighted by atomic mass is 9.87. The maximum Gasteiger partial charge on any atom is 0.239 e. The molecule has 1 N–H and O–H groups in total.